The van der Waals surface area contributed by atoms with E-state index in [9.17, 15) is 4.79 Å². The molecule has 0 aliphatic rings. The van der Waals surface area contributed by atoms with Crippen molar-refractivity contribution in [3.63, 3.8) is 0 Å². The van der Waals surface area contributed by atoms with Gasteiger partial charge < -0.3 is 4.90 Å². The SMILES string of the molecule is C/C=C\N(C)c1ccccc1C(C)=O. The zero-order valence-corrected chi connectivity index (χ0v) is 8.82. The van der Waals surface area contributed by atoms with Gasteiger partial charge in [-0.2, -0.15) is 0 Å². The van der Waals surface area contributed by atoms with Crippen molar-refractivity contribution in [2.75, 3.05) is 11.9 Å². The fourth-order valence-electron chi connectivity index (χ4n) is 1.38. The van der Waals surface area contributed by atoms with Gasteiger partial charge >= 0.3 is 0 Å². The number of rotatable bonds is 3. The summed E-state index contributed by atoms with van der Waals surface area (Å²) in [4.78, 5) is 13.3. The minimum atomic E-state index is 0.0944. The van der Waals surface area contributed by atoms with Crippen LogP contribution in [0.1, 0.15) is 24.2 Å². The van der Waals surface area contributed by atoms with Gasteiger partial charge in [0.1, 0.15) is 0 Å². The highest BCUT2D eigenvalue weighted by atomic mass is 16.1. The van der Waals surface area contributed by atoms with E-state index in [0.717, 1.165) is 11.3 Å². The van der Waals surface area contributed by atoms with Crippen molar-refractivity contribution in [2.45, 2.75) is 13.8 Å². The summed E-state index contributed by atoms with van der Waals surface area (Å²) in [7, 11) is 1.93. The first kappa shape index (κ1) is 10.5. The summed E-state index contributed by atoms with van der Waals surface area (Å²) in [6.45, 7) is 3.54. The van der Waals surface area contributed by atoms with Gasteiger partial charge in [0.05, 0.1) is 5.69 Å². The second-order valence-electron chi connectivity index (χ2n) is 3.17. The Morgan fingerprint density at radius 1 is 1.36 bits per heavy atom. The van der Waals surface area contributed by atoms with Crippen LogP contribution >= 0.6 is 0 Å². The fraction of sp³-hybridized carbons (Fsp3) is 0.250. The van der Waals surface area contributed by atoms with Crippen LogP contribution in [0.4, 0.5) is 5.69 Å². The van der Waals surface area contributed by atoms with Crippen molar-refractivity contribution in [1.29, 1.82) is 0 Å². The standard InChI is InChI=1S/C12H15NO/c1-4-9-13(3)12-8-6-5-7-11(12)10(2)14/h4-9H,1-3H3/b9-4-. The smallest absolute Gasteiger partial charge is 0.161 e. The summed E-state index contributed by atoms with van der Waals surface area (Å²) < 4.78 is 0. The van der Waals surface area contributed by atoms with Gasteiger partial charge in [0.25, 0.3) is 0 Å². The van der Waals surface area contributed by atoms with Crippen LogP contribution < -0.4 is 4.90 Å². The Hall–Kier alpha value is -1.57. The molecule has 0 heterocycles. The molecule has 0 aliphatic carbocycles. The highest BCUT2D eigenvalue weighted by Crippen LogP contribution is 2.19. The van der Waals surface area contributed by atoms with Gasteiger partial charge in [-0.15, -0.1) is 0 Å². The average Bonchev–Trinajstić information content (AvgIpc) is 2.18. The first-order chi connectivity index (χ1) is 6.66. The van der Waals surface area contributed by atoms with E-state index in [1.165, 1.54) is 0 Å². The van der Waals surface area contributed by atoms with E-state index in [1.807, 2.05) is 55.4 Å². The van der Waals surface area contributed by atoms with Crippen molar-refractivity contribution >= 4 is 11.5 Å². The lowest BCUT2D eigenvalue weighted by Gasteiger charge is -2.16. The Balaban J connectivity index is 3.12. The van der Waals surface area contributed by atoms with E-state index in [2.05, 4.69) is 0 Å². The molecule has 0 bridgehead atoms. The summed E-state index contributed by atoms with van der Waals surface area (Å²) >= 11 is 0. The molecule has 74 valence electrons. The predicted octanol–water partition coefficient (Wildman–Crippen LogP) is 2.86. The van der Waals surface area contributed by atoms with Gasteiger partial charge in [-0.05, 0) is 32.2 Å². The maximum absolute atomic E-state index is 11.3. The molecule has 0 amide bonds. The first-order valence-electron chi connectivity index (χ1n) is 4.62. The summed E-state index contributed by atoms with van der Waals surface area (Å²) in [5.41, 5.74) is 1.70. The summed E-state index contributed by atoms with van der Waals surface area (Å²) in [6.07, 6.45) is 3.87. The number of hydrogen-bond acceptors (Lipinski definition) is 2. The molecule has 2 nitrogen and oxygen atoms in total. The lowest BCUT2D eigenvalue weighted by molar-refractivity contribution is 0.101. The lowest BCUT2D eigenvalue weighted by atomic mass is 10.1. The third-order valence-corrected chi connectivity index (χ3v) is 2.04. The van der Waals surface area contributed by atoms with Crippen LogP contribution in [0, 0.1) is 0 Å². The zero-order chi connectivity index (χ0) is 10.6. The number of nitrogens with zero attached hydrogens (tertiary/aromatic N) is 1. The van der Waals surface area contributed by atoms with Crippen molar-refractivity contribution in [1.82, 2.24) is 0 Å². The first-order valence-corrected chi connectivity index (χ1v) is 4.62. The summed E-state index contributed by atoms with van der Waals surface area (Å²) in [5.74, 6) is 0.0944. The number of hydrogen-bond donors (Lipinski definition) is 0. The maximum Gasteiger partial charge on any atom is 0.161 e. The van der Waals surface area contributed by atoms with Gasteiger partial charge in [-0.25, -0.2) is 0 Å². The monoisotopic (exact) mass is 189 g/mol. The quantitative estimate of drug-likeness (QED) is 0.681. The topological polar surface area (TPSA) is 20.3 Å². The van der Waals surface area contributed by atoms with E-state index in [4.69, 9.17) is 0 Å². The molecule has 1 aromatic rings. The molecular formula is C12H15NO. The number of allylic oxidation sites excluding steroid dienone is 1. The van der Waals surface area contributed by atoms with Crippen molar-refractivity contribution in [3.05, 3.63) is 42.1 Å². The largest absolute Gasteiger partial charge is 0.351 e. The van der Waals surface area contributed by atoms with Gasteiger partial charge in [0, 0.05) is 12.6 Å². The molecule has 0 unspecified atom stereocenters. The van der Waals surface area contributed by atoms with Gasteiger partial charge in [-0.1, -0.05) is 18.2 Å². The van der Waals surface area contributed by atoms with E-state index in [-0.39, 0.29) is 5.78 Å². The normalized spacial score (nSPS) is 10.5. The third-order valence-electron chi connectivity index (χ3n) is 2.04. The van der Waals surface area contributed by atoms with Gasteiger partial charge in [-0.3, -0.25) is 4.79 Å². The van der Waals surface area contributed by atoms with E-state index < -0.39 is 0 Å². The molecule has 0 spiro atoms. The molecule has 2 heteroatoms. The minimum Gasteiger partial charge on any atom is -0.351 e. The second-order valence-corrected chi connectivity index (χ2v) is 3.17. The molecule has 1 rings (SSSR count). The van der Waals surface area contributed by atoms with Crippen molar-refractivity contribution in [3.8, 4) is 0 Å². The number of ketones is 1. The second kappa shape index (κ2) is 4.61. The van der Waals surface area contributed by atoms with E-state index in [0.29, 0.717) is 0 Å². The van der Waals surface area contributed by atoms with Crippen LogP contribution in [-0.2, 0) is 0 Å². The molecule has 0 fully saturated rings. The van der Waals surface area contributed by atoms with Crippen molar-refractivity contribution in [2.24, 2.45) is 0 Å². The molecule has 0 aromatic heterocycles. The number of benzene rings is 1. The maximum atomic E-state index is 11.3. The number of carbonyl (C=O) groups excluding carboxylic acids is 1. The molecule has 0 atom stereocenters. The van der Waals surface area contributed by atoms with Crippen LogP contribution in [0.5, 0.6) is 0 Å². The Morgan fingerprint density at radius 3 is 2.57 bits per heavy atom. The molecule has 1 aromatic carbocycles. The van der Waals surface area contributed by atoms with Crippen LogP contribution in [0.3, 0.4) is 0 Å². The molecular weight excluding hydrogens is 174 g/mol. The van der Waals surface area contributed by atoms with Crippen molar-refractivity contribution < 1.29 is 4.79 Å². The minimum absolute atomic E-state index is 0.0944. The molecule has 0 saturated carbocycles. The fourth-order valence-corrected chi connectivity index (χ4v) is 1.38. The van der Waals surface area contributed by atoms with E-state index in [1.54, 1.807) is 6.92 Å². The Labute approximate surface area is 84.9 Å². The molecule has 0 aliphatic heterocycles. The van der Waals surface area contributed by atoms with Crippen LogP contribution in [0.25, 0.3) is 0 Å². The molecule has 0 radical (unpaired) electrons. The highest BCUT2D eigenvalue weighted by Gasteiger charge is 2.07. The average molecular weight is 189 g/mol. The van der Waals surface area contributed by atoms with Crippen LogP contribution in [0.15, 0.2) is 36.5 Å². The number of para-hydroxylation sites is 1. The zero-order valence-electron chi connectivity index (χ0n) is 8.82. The summed E-state index contributed by atoms with van der Waals surface area (Å²) in [5, 5.41) is 0. The lowest BCUT2D eigenvalue weighted by Crippen LogP contribution is -2.11. The number of Topliss-reactive ketones (excluding diaryl/α,β-unsaturated/α-hetero) is 1. The molecule has 14 heavy (non-hydrogen) atoms. The predicted molar refractivity (Wildman–Crippen MR) is 59.7 cm³/mol. The molecule has 0 N–H and O–H groups in total. The number of anilines is 1. The Kier molecular flexibility index (Phi) is 3.46. The molecule has 0 saturated heterocycles. The van der Waals surface area contributed by atoms with Crippen LogP contribution in [0.2, 0.25) is 0 Å². The third kappa shape index (κ3) is 2.22. The van der Waals surface area contributed by atoms with Crippen LogP contribution in [-0.4, -0.2) is 12.8 Å². The van der Waals surface area contributed by atoms with Gasteiger partial charge in [0.15, 0.2) is 5.78 Å². The Bertz CT molecular complexity index is 355. The summed E-state index contributed by atoms with van der Waals surface area (Å²) in [6, 6.07) is 7.60. The van der Waals surface area contributed by atoms with E-state index >= 15 is 0 Å². The van der Waals surface area contributed by atoms with Gasteiger partial charge in [0.2, 0.25) is 0 Å². The Morgan fingerprint density at radius 2 is 2.00 bits per heavy atom. The highest BCUT2D eigenvalue weighted by molar-refractivity contribution is 5.99. The number of carbonyl (C=O) groups is 1.